The molecule has 0 unspecified atom stereocenters. The zero-order valence-corrected chi connectivity index (χ0v) is 25.0. The van der Waals surface area contributed by atoms with Crippen molar-refractivity contribution in [2.75, 3.05) is 24.7 Å². The molecule has 2 aliphatic rings. The molecule has 3 heterocycles. The van der Waals surface area contributed by atoms with E-state index < -0.39 is 17.7 Å². The van der Waals surface area contributed by atoms with Crippen molar-refractivity contribution in [2.24, 2.45) is 0 Å². The molecule has 0 radical (unpaired) electrons. The van der Waals surface area contributed by atoms with E-state index in [0.717, 1.165) is 18.4 Å². The van der Waals surface area contributed by atoms with Gasteiger partial charge in [0, 0.05) is 11.3 Å². The number of amides is 1. The Hall–Kier alpha value is -4.35. The third kappa shape index (κ3) is 6.09. The van der Waals surface area contributed by atoms with E-state index in [-0.39, 0.29) is 16.5 Å². The summed E-state index contributed by atoms with van der Waals surface area (Å²) in [6, 6.07) is 21.2. The van der Waals surface area contributed by atoms with Crippen LogP contribution in [0.5, 0.6) is 17.2 Å². The van der Waals surface area contributed by atoms with Crippen LogP contribution in [0.3, 0.4) is 0 Å². The molecule has 1 fully saturated rings. The molecule has 1 N–H and O–H groups in total. The second-order valence-electron chi connectivity index (χ2n) is 9.93. The van der Waals surface area contributed by atoms with Crippen LogP contribution >= 0.6 is 23.1 Å². The number of Topliss-reactive ketones (excluding diaryl/α,β-unsaturated/α-hetero) is 1. The van der Waals surface area contributed by atoms with Crippen molar-refractivity contribution in [3.8, 4) is 17.2 Å². The summed E-state index contributed by atoms with van der Waals surface area (Å²) in [5.74, 6) is 0.359. The average molecular weight is 616 g/mol. The molecule has 6 rings (SSSR count). The summed E-state index contributed by atoms with van der Waals surface area (Å²) in [6.45, 7) is 3.41. The van der Waals surface area contributed by atoms with E-state index in [9.17, 15) is 14.7 Å². The molecule has 9 nitrogen and oxygen atoms in total. The van der Waals surface area contributed by atoms with Crippen molar-refractivity contribution in [2.45, 2.75) is 35.9 Å². The molecule has 0 spiro atoms. The van der Waals surface area contributed by atoms with Crippen LogP contribution in [0.15, 0.2) is 82.7 Å². The zero-order chi connectivity index (χ0) is 29.8. The number of ether oxygens (including phenoxy) is 3. The number of aromatic nitrogens is 2. The summed E-state index contributed by atoms with van der Waals surface area (Å²) in [7, 11) is 0. The number of rotatable bonds is 10. The lowest BCUT2D eigenvalue weighted by atomic mass is 9.95. The summed E-state index contributed by atoms with van der Waals surface area (Å²) in [5, 5.41) is 20.5. The normalized spacial score (nSPS) is 17.3. The van der Waals surface area contributed by atoms with E-state index in [1.54, 1.807) is 30.3 Å². The van der Waals surface area contributed by atoms with Gasteiger partial charge in [0.15, 0.2) is 15.8 Å². The maximum atomic E-state index is 13.6. The van der Waals surface area contributed by atoms with Crippen LogP contribution in [0.4, 0.5) is 5.13 Å². The molecule has 1 amide bonds. The zero-order valence-electron chi connectivity index (χ0n) is 23.4. The number of hydrogen-bond donors (Lipinski definition) is 1. The lowest BCUT2D eigenvalue weighted by molar-refractivity contribution is -0.132. The molecule has 11 heteroatoms. The molecule has 0 bridgehead atoms. The summed E-state index contributed by atoms with van der Waals surface area (Å²) in [4.78, 5) is 28.6. The van der Waals surface area contributed by atoms with E-state index in [1.807, 2.05) is 42.5 Å². The Morgan fingerprint density at radius 3 is 2.65 bits per heavy atom. The van der Waals surface area contributed by atoms with Crippen LogP contribution in [0.1, 0.15) is 42.5 Å². The lowest BCUT2D eigenvalue weighted by Crippen LogP contribution is -2.29. The molecular formula is C32H29N3O6S2. The summed E-state index contributed by atoms with van der Waals surface area (Å²) in [6.07, 6.45) is 1.87. The minimum absolute atomic E-state index is 0.0546. The van der Waals surface area contributed by atoms with Gasteiger partial charge in [-0.15, -0.1) is 10.2 Å². The molecule has 43 heavy (non-hydrogen) atoms. The highest BCUT2D eigenvalue weighted by Gasteiger charge is 2.48. The SMILES string of the molecule is CCCCOc1cccc([C@@H]2/C(=C(\O)c3ccc4c(c3)OCCO4)C(=O)C(=O)N2c2nnc(SCc3ccccc3)s2)c1. The van der Waals surface area contributed by atoms with E-state index in [0.29, 0.717) is 58.3 Å². The van der Waals surface area contributed by atoms with Crippen LogP contribution in [0.25, 0.3) is 5.76 Å². The number of benzene rings is 3. The molecule has 0 aliphatic carbocycles. The van der Waals surface area contributed by atoms with Gasteiger partial charge in [0.2, 0.25) is 5.13 Å². The Bertz CT molecular complexity index is 1670. The van der Waals surface area contributed by atoms with E-state index in [2.05, 4.69) is 17.1 Å². The molecule has 1 saturated heterocycles. The third-order valence-corrected chi connectivity index (χ3v) is 9.13. The average Bonchev–Trinajstić information content (AvgIpc) is 3.62. The standard InChI is InChI=1S/C32H29N3O6S2/c1-2-3-14-39-23-11-7-10-21(17-23)27-26(28(36)22-12-13-24-25(18-22)41-16-15-40-24)29(37)30(38)35(27)31-33-34-32(43-31)42-19-20-8-5-4-6-9-20/h4-13,17-18,27,36H,2-3,14-16,19H2,1H3/b28-26+/t27-/m1/s1. The first-order valence-corrected chi connectivity index (χ1v) is 15.8. The first-order chi connectivity index (χ1) is 21.0. The summed E-state index contributed by atoms with van der Waals surface area (Å²) < 4.78 is 17.9. The minimum Gasteiger partial charge on any atom is -0.507 e. The number of hydrogen-bond acceptors (Lipinski definition) is 10. The highest BCUT2D eigenvalue weighted by molar-refractivity contribution is 8.00. The fraction of sp³-hybridized carbons (Fsp3) is 0.250. The first kappa shape index (κ1) is 28.8. The molecule has 1 atom stereocenters. The Morgan fingerprint density at radius 2 is 1.84 bits per heavy atom. The van der Waals surface area contributed by atoms with E-state index >= 15 is 0 Å². The largest absolute Gasteiger partial charge is 0.507 e. The second kappa shape index (κ2) is 12.9. The Morgan fingerprint density at radius 1 is 1.02 bits per heavy atom. The van der Waals surface area contributed by atoms with Crippen LogP contribution in [-0.2, 0) is 15.3 Å². The topological polar surface area (TPSA) is 111 Å². The van der Waals surface area contributed by atoms with Gasteiger partial charge in [-0.25, -0.2) is 0 Å². The van der Waals surface area contributed by atoms with Gasteiger partial charge in [0.1, 0.15) is 24.7 Å². The monoisotopic (exact) mass is 615 g/mol. The molecule has 0 saturated carbocycles. The fourth-order valence-electron chi connectivity index (χ4n) is 4.88. The lowest BCUT2D eigenvalue weighted by Gasteiger charge is -2.23. The van der Waals surface area contributed by atoms with Crippen LogP contribution < -0.4 is 19.1 Å². The predicted octanol–water partition coefficient (Wildman–Crippen LogP) is 6.41. The summed E-state index contributed by atoms with van der Waals surface area (Å²) in [5.41, 5.74) is 2.00. The molecular weight excluding hydrogens is 587 g/mol. The second-order valence-corrected chi connectivity index (χ2v) is 12.1. The first-order valence-electron chi connectivity index (χ1n) is 14.0. The van der Waals surface area contributed by atoms with E-state index in [4.69, 9.17) is 14.2 Å². The van der Waals surface area contributed by atoms with E-state index in [1.165, 1.54) is 28.0 Å². The Balaban J connectivity index is 1.39. The van der Waals surface area contributed by atoms with Gasteiger partial charge in [-0.1, -0.05) is 78.9 Å². The molecule has 2 aliphatic heterocycles. The van der Waals surface area contributed by atoms with Crippen LogP contribution in [-0.4, -0.2) is 46.8 Å². The van der Waals surface area contributed by atoms with Crippen molar-refractivity contribution >= 4 is 45.7 Å². The maximum Gasteiger partial charge on any atom is 0.301 e. The summed E-state index contributed by atoms with van der Waals surface area (Å²) >= 11 is 2.72. The predicted molar refractivity (Wildman–Crippen MR) is 165 cm³/mol. The van der Waals surface area contributed by atoms with Crippen molar-refractivity contribution in [3.63, 3.8) is 0 Å². The fourth-order valence-corrected chi connectivity index (χ4v) is 6.70. The van der Waals surface area contributed by atoms with Gasteiger partial charge >= 0.3 is 5.91 Å². The number of ketones is 1. The number of aliphatic hydroxyl groups is 1. The quantitative estimate of drug-likeness (QED) is 0.0540. The Kier molecular flexibility index (Phi) is 8.62. The van der Waals surface area contributed by atoms with Gasteiger partial charge in [0.25, 0.3) is 5.78 Å². The molecule has 4 aromatic rings. The van der Waals surface area contributed by atoms with Crippen molar-refractivity contribution in [3.05, 3.63) is 95.1 Å². The number of aliphatic hydroxyl groups excluding tert-OH is 1. The Labute approximate surface area is 257 Å². The smallest absolute Gasteiger partial charge is 0.301 e. The molecule has 220 valence electrons. The van der Waals surface area contributed by atoms with Crippen molar-refractivity contribution < 1.29 is 28.9 Å². The number of unbranched alkanes of at least 4 members (excludes halogenated alkanes) is 1. The number of nitrogens with zero attached hydrogens (tertiary/aromatic N) is 3. The number of thioether (sulfide) groups is 1. The number of carbonyl (C=O) groups is 2. The van der Waals surface area contributed by atoms with Gasteiger partial charge in [-0.2, -0.15) is 0 Å². The van der Waals surface area contributed by atoms with Gasteiger partial charge in [0.05, 0.1) is 18.2 Å². The van der Waals surface area contributed by atoms with Crippen LogP contribution in [0, 0.1) is 0 Å². The van der Waals surface area contributed by atoms with Gasteiger partial charge in [-0.05, 0) is 47.9 Å². The number of carbonyl (C=O) groups excluding carboxylic acids is 2. The highest BCUT2D eigenvalue weighted by atomic mass is 32.2. The molecule has 3 aromatic carbocycles. The van der Waals surface area contributed by atoms with Crippen molar-refractivity contribution in [1.82, 2.24) is 10.2 Å². The maximum absolute atomic E-state index is 13.6. The number of fused-ring (bicyclic) bond motifs is 1. The number of anilines is 1. The van der Waals surface area contributed by atoms with Crippen LogP contribution in [0.2, 0.25) is 0 Å². The van der Waals surface area contributed by atoms with Gasteiger partial charge in [-0.3, -0.25) is 14.5 Å². The minimum atomic E-state index is -0.956. The molecule has 1 aromatic heterocycles. The van der Waals surface area contributed by atoms with Gasteiger partial charge < -0.3 is 19.3 Å². The third-order valence-electron chi connectivity index (χ3n) is 7.01. The highest BCUT2D eigenvalue weighted by Crippen LogP contribution is 2.45. The van der Waals surface area contributed by atoms with Crippen molar-refractivity contribution in [1.29, 1.82) is 0 Å².